The maximum Gasteiger partial charge on any atom is 0.321 e. The Hall–Kier alpha value is -2.44. The number of nitrogens with one attached hydrogen (secondary N) is 2. The number of ether oxygens (including phenoxy) is 2. The maximum absolute atomic E-state index is 13.0. The Bertz CT molecular complexity index is 852. The Balaban J connectivity index is 1.01. The summed E-state index contributed by atoms with van der Waals surface area (Å²) < 4.78 is 10.7. The summed E-state index contributed by atoms with van der Waals surface area (Å²) in [6, 6.07) is 5.67. The monoisotopic (exact) mass is 425 g/mol. The molecule has 0 spiro atoms. The van der Waals surface area contributed by atoms with Crippen LogP contribution in [0.2, 0.25) is 0 Å². The number of likely N-dealkylation sites (tertiary alicyclic amines) is 1. The second-order valence-corrected chi connectivity index (χ2v) is 10.2. The molecule has 7 rings (SSSR count). The van der Waals surface area contributed by atoms with Crippen molar-refractivity contribution in [2.45, 2.75) is 51.0 Å². The van der Waals surface area contributed by atoms with Gasteiger partial charge in [0.25, 0.3) is 0 Å². The molecule has 1 aromatic carbocycles. The third-order valence-electron chi connectivity index (χ3n) is 8.31. The van der Waals surface area contributed by atoms with Gasteiger partial charge in [0.15, 0.2) is 11.5 Å². The molecule has 0 atom stereocenters. The molecule has 2 aliphatic heterocycles. The summed E-state index contributed by atoms with van der Waals surface area (Å²) in [7, 11) is 0. The van der Waals surface area contributed by atoms with Crippen molar-refractivity contribution in [3.63, 3.8) is 0 Å². The van der Waals surface area contributed by atoms with E-state index in [1.807, 2.05) is 6.07 Å². The third kappa shape index (κ3) is 3.62. The van der Waals surface area contributed by atoms with Crippen LogP contribution in [-0.4, -0.2) is 42.8 Å². The highest BCUT2D eigenvalue weighted by atomic mass is 16.7. The lowest BCUT2D eigenvalue weighted by molar-refractivity contribution is -0.130. The molecule has 4 bridgehead atoms. The van der Waals surface area contributed by atoms with Crippen molar-refractivity contribution >= 4 is 17.6 Å². The van der Waals surface area contributed by atoms with Gasteiger partial charge in [0.1, 0.15) is 0 Å². The number of fused-ring (bicyclic) bond motifs is 1. The lowest BCUT2D eigenvalue weighted by atomic mass is 9.54. The van der Waals surface area contributed by atoms with Crippen molar-refractivity contribution in [1.29, 1.82) is 0 Å². The average molecular weight is 426 g/mol. The van der Waals surface area contributed by atoms with E-state index < -0.39 is 0 Å². The minimum Gasteiger partial charge on any atom is -0.454 e. The van der Waals surface area contributed by atoms with Gasteiger partial charge in [-0.05, 0) is 80.8 Å². The lowest BCUT2D eigenvalue weighted by Crippen LogP contribution is -2.57. The second-order valence-electron chi connectivity index (χ2n) is 10.2. The van der Waals surface area contributed by atoms with E-state index in [4.69, 9.17) is 9.47 Å². The molecular weight excluding hydrogens is 394 g/mol. The molecule has 1 aromatic rings. The molecule has 3 amide bonds. The zero-order chi connectivity index (χ0) is 20.9. The summed E-state index contributed by atoms with van der Waals surface area (Å²) in [6.07, 6.45) is 8.15. The molecule has 0 radical (unpaired) electrons. The molecule has 4 saturated carbocycles. The van der Waals surface area contributed by atoms with Gasteiger partial charge in [-0.15, -0.1) is 0 Å². The molecule has 7 nitrogen and oxygen atoms in total. The first-order chi connectivity index (χ1) is 15.1. The van der Waals surface area contributed by atoms with Gasteiger partial charge in [-0.25, -0.2) is 4.79 Å². The van der Waals surface area contributed by atoms with Gasteiger partial charge in [-0.1, -0.05) is 0 Å². The van der Waals surface area contributed by atoms with Crippen LogP contribution in [0.25, 0.3) is 0 Å². The molecule has 2 N–H and O–H groups in total. The Morgan fingerprint density at radius 1 is 0.903 bits per heavy atom. The molecule has 7 heteroatoms. The van der Waals surface area contributed by atoms with E-state index in [0.717, 1.165) is 24.7 Å². The maximum atomic E-state index is 13.0. The summed E-state index contributed by atoms with van der Waals surface area (Å²) in [5.74, 6) is 4.83. The zero-order valence-corrected chi connectivity index (χ0v) is 17.8. The fourth-order valence-electron chi connectivity index (χ4n) is 6.96. The Morgan fingerprint density at radius 2 is 1.58 bits per heavy atom. The van der Waals surface area contributed by atoms with Crippen molar-refractivity contribution < 1.29 is 19.1 Å². The van der Waals surface area contributed by atoms with E-state index in [-0.39, 0.29) is 24.6 Å². The molecule has 0 aromatic heterocycles. The Morgan fingerprint density at radius 3 is 2.29 bits per heavy atom. The van der Waals surface area contributed by atoms with Crippen molar-refractivity contribution in [2.24, 2.45) is 29.6 Å². The highest BCUT2D eigenvalue weighted by Crippen LogP contribution is 2.53. The summed E-state index contributed by atoms with van der Waals surface area (Å²) in [5, 5.41) is 6.39. The van der Waals surface area contributed by atoms with Crippen LogP contribution < -0.4 is 20.1 Å². The van der Waals surface area contributed by atoms with Crippen LogP contribution in [0.4, 0.5) is 10.5 Å². The van der Waals surface area contributed by atoms with Crippen LogP contribution in [0.15, 0.2) is 18.2 Å². The van der Waals surface area contributed by atoms with Gasteiger partial charge in [-0.3, -0.25) is 4.79 Å². The van der Waals surface area contributed by atoms with Crippen LogP contribution in [0.1, 0.15) is 44.9 Å². The third-order valence-corrected chi connectivity index (χ3v) is 8.31. The molecule has 2 heterocycles. The van der Waals surface area contributed by atoms with Gasteiger partial charge < -0.3 is 25.0 Å². The number of amides is 3. The van der Waals surface area contributed by atoms with Crippen molar-refractivity contribution in [3.05, 3.63) is 18.2 Å². The first kappa shape index (κ1) is 19.3. The van der Waals surface area contributed by atoms with E-state index in [1.54, 1.807) is 17.0 Å². The van der Waals surface area contributed by atoms with Crippen LogP contribution in [-0.2, 0) is 4.79 Å². The fraction of sp³-hybridized carbons (Fsp3) is 0.667. The molecule has 4 aliphatic carbocycles. The molecule has 6 aliphatic rings. The highest BCUT2D eigenvalue weighted by molar-refractivity contribution is 5.90. The van der Waals surface area contributed by atoms with Crippen molar-refractivity contribution in [1.82, 2.24) is 10.2 Å². The number of nitrogens with zero attached hydrogens (tertiary/aromatic N) is 1. The predicted octanol–water partition coefficient (Wildman–Crippen LogP) is 3.60. The summed E-state index contributed by atoms with van der Waals surface area (Å²) in [6.45, 7) is 1.43. The minimum absolute atomic E-state index is 0.0202. The van der Waals surface area contributed by atoms with Gasteiger partial charge in [0, 0.05) is 36.8 Å². The molecular formula is C24H31N3O4. The standard InChI is InChI=1S/C24H31N3O4/c28-23(26-22-17-8-14-7-15(10-17)11-18(22)9-14)16-3-5-27(6-4-16)24(29)25-19-1-2-20-21(12-19)31-13-30-20/h1-2,12,14-18,22H,3-11,13H2,(H,25,29)(H,26,28). The number of piperidine rings is 1. The van der Waals surface area contributed by atoms with Gasteiger partial charge in [-0.2, -0.15) is 0 Å². The normalized spacial score (nSPS) is 33.4. The SMILES string of the molecule is O=C(NC1C2CC3CC(C2)CC1C3)C1CCN(C(=O)Nc2ccc3c(c2)OCO3)CC1. The van der Waals surface area contributed by atoms with E-state index in [2.05, 4.69) is 10.6 Å². The van der Waals surface area contributed by atoms with Crippen LogP contribution in [0, 0.1) is 29.6 Å². The van der Waals surface area contributed by atoms with Crippen LogP contribution in [0.3, 0.4) is 0 Å². The topological polar surface area (TPSA) is 79.9 Å². The summed E-state index contributed by atoms with van der Waals surface area (Å²) in [5.41, 5.74) is 0.691. The number of carbonyl (C=O) groups excluding carboxylic acids is 2. The Labute approximate surface area is 182 Å². The van der Waals surface area contributed by atoms with Gasteiger partial charge in [0.2, 0.25) is 12.7 Å². The Kier molecular flexibility index (Phi) is 4.73. The second kappa shape index (κ2) is 7.61. The lowest BCUT2D eigenvalue weighted by Gasteiger charge is -2.54. The van der Waals surface area contributed by atoms with Gasteiger partial charge in [0.05, 0.1) is 0 Å². The fourth-order valence-corrected chi connectivity index (χ4v) is 6.96. The number of benzene rings is 1. The number of rotatable bonds is 3. The highest BCUT2D eigenvalue weighted by Gasteiger charge is 2.49. The molecule has 0 unspecified atom stereocenters. The summed E-state index contributed by atoms with van der Waals surface area (Å²) in [4.78, 5) is 27.5. The molecule has 5 fully saturated rings. The number of hydrogen-bond acceptors (Lipinski definition) is 4. The average Bonchev–Trinajstić information content (AvgIpc) is 3.23. The van der Waals surface area contributed by atoms with E-state index in [9.17, 15) is 9.59 Å². The first-order valence-electron chi connectivity index (χ1n) is 11.9. The van der Waals surface area contributed by atoms with Crippen molar-refractivity contribution in [3.8, 4) is 11.5 Å². The molecule has 31 heavy (non-hydrogen) atoms. The van der Waals surface area contributed by atoms with Crippen LogP contribution >= 0.6 is 0 Å². The quantitative estimate of drug-likeness (QED) is 0.776. The first-order valence-corrected chi connectivity index (χ1v) is 11.9. The predicted molar refractivity (Wildman–Crippen MR) is 115 cm³/mol. The number of carbonyl (C=O) groups is 2. The summed E-state index contributed by atoms with van der Waals surface area (Å²) >= 11 is 0. The zero-order valence-electron chi connectivity index (χ0n) is 17.8. The minimum atomic E-state index is -0.126. The number of urea groups is 1. The smallest absolute Gasteiger partial charge is 0.321 e. The number of anilines is 1. The van der Waals surface area contributed by atoms with E-state index in [0.29, 0.717) is 48.2 Å². The van der Waals surface area contributed by atoms with E-state index >= 15 is 0 Å². The van der Waals surface area contributed by atoms with Crippen LogP contribution in [0.5, 0.6) is 11.5 Å². The van der Waals surface area contributed by atoms with E-state index in [1.165, 1.54) is 32.1 Å². The van der Waals surface area contributed by atoms with Gasteiger partial charge >= 0.3 is 6.03 Å². The van der Waals surface area contributed by atoms with Crippen molar-refractivity contribution in [2.75, 3.05) is 25.2 Å². The molecule has 166 valence electrons. The largest absolute Gasteiger partial charge is 0.454 e. The number of hydrogen-bond donors (Lipinski definition) is 2. The molecule has 1 saturated heterocycles.